The molecule has 0 saturated heterocycles. The van der Waals surface area contributed by atoms with Gasteiger partial charge in [-0.25, -0.2) is 8.42 Å². The minimum Gasteiger partial charge on any atom is -0.225 e. The topological polar surface area (TPSA) is 34.1 Å². The zero-order valence-corrected chi connectivity index (χ0v) is 11.7. The van der Waals surface area contributed by atoms with Gasteiger partial charge in [-0.3, -0.25) is 0 Å². The maximum absolute atomic E-state index is 11.7. The standard InChI is InChI=1S/C9H7F3S.C3H6O2S/c10-9(11,12)6-7-13-8-4-2-1-3-5-8;1-3-6(2,4)5/h1-7H;3H,1H2,2H3. The van der Waals surface area contributed by atoms with Crippen LogP contribution in [0.25, 0.3) is 0 Å². The molecule has 0 atom stereocenters. The van der Waals surface area contributed by atoms with Crippen molar-refractivity contribution in [2.45, 2.75) is 11.1 Å². The summed E-state index contributed by atoms with van der Waals surface area (Å²) in [7, 11) is -2.90. The number of allylic oxidation sites excluding steroid dienone is 1. The summed E-state index contributed by atoms with van der Waals surface area (Å²) in [4.78, 5) is 0.794. The van der Waals surface area contributed by atoms with Crippen LogP contribution in [-0.2, 0) is 9.84 Å². The van der Waals surface area contributed by atoms with Gasteiger partial charge in [-0.05, 0) is 17.5 Å². The highest BCUT2D eigenvalue weighted by atomic mass is 32.2. The van der Waals surface area contributed by atoms with Crippen molar-refractivity contribution in [3.63, 3.8) is 0 Å². The number of sulfone groups is 1. The zero-order chi connectivity index (χ0) is 14.9. The summed E-state index contributed by atoms with van der Waals surface area (Å²) < 4.78 is 54.7. The van der Waals surface area contributed by atoms with Gasteiger partial charge in [0, 0.05) is 22.6 Å². The van der Waals surface area contributed by atoms with Crippen molar-refractivity contribution in [1.29, 1.82) is 0 Å². The van der Waals surface area contributed by atoms with E-state index in [9.17, 15) is 21.6 Å². The molecule has 0 aliphatic heterocycles. The van der Waals surface area contributed by atoms with Crippen LogP contribution in [0.3, 0.4) is 0 Å². The lowest BCUT2D eigenvalue weighted by molar-refractivity contribution is -0.0796. The van der Waals surface area contributed by atoms with Gasteiger partial charge in [-0.15, -0.1) is 0 Å². The first-order valence-electron chi connectivity index (χ1n) is 4.92. The van der Waals surface area contributed by atoms with E-state index in [0.717, 1.165) is 33.7 Å². The molecule has 0 radical (unpaired) electrons. The van der Waals surface area contributed by atoms with Crippen LogP contribution in [0.4, 0.5) is 13.2 Å². The van der Waals surface area contributed by atoms with E-state index >= 15 is 0 Å². The van der Waals surface area contributed by atoms with Gasteiger partial charge >= 0.3 is 6.18 Å². The quantitative estimate of drug-likeness (QED) is 0.791. The normalized spacial score (nSPS) is 11.8. The second-order valence-corrected chi connectivity index (χ2v) is 6.24. The molecule has 0 aliphatic carbocycles. The van der Waals surface area contributed by atoms with Gasteiger partial charge < -0.3 is 0 Å². The van der Waals surface area contributed by atoms with Crippen LogP contribution in [-0.4, -0.2) is 20.8 Å². The Hall–Kier alpha value is -1.21. The first-order valence-corrected chi connectivity index (χ1v) is 7.76. The molecule has 2 nitrogen and oxygen atoms in total. The molecule has 0 aromatic heterocycles. The summed E-state index contributed by atoms with van der Waals surface area (Å²) >= 11 is 1.05. The number of hydrogen-bond donors (Lipinski definition) is 0. The summed E-state index contributed by atoms with van der Waals surface area (Å²) in [6, 6.07) is 8.89. The fourth-order valence-corrected chi connectivity index (χ4v) is 1.38. The third kappa shape index (κ3) is 13.0. The Morgan fingerprint density at radius 1 is 1.21 bits per heavy atom. The highest BCUT2D eigenvalue weighted by molar-refractivity contribution is 8.02. The number of rotatable bonds is 3. The minimum absolute atomic E-state index is 0.227. The largest absolute Gasteiger partial charge is 0.410 e. The van der Waals surface area contributed by atoms with E-state index in [-0.39, 0.29) is 6.08 Å². The number of thioether (sulfide) groups is 1. The van der Waals surface area contributed by atoms with Gasteiger partial charge in [0.05, 0.1) is 0 Å². The van der Waals surface area contributed by atoms with Gasteiger partial charge in [-0.2, -0.15) is 13.2 Å². The third-order valence-corrected chi connectivity index (χ3v) is 2.93. The fraction of sp³-hybridized carbons (Fsp3) is 0.167. The van der Waals surface area contributed by atoms with Crippen molar-refractivity contribution in [2.24, 2.45) is 0 Å². The molecule has 0 amide bonds. The third-order valence-electron chi connectivity index (χ3n) is 1.51. The van der Waals surface area contributed by atoms with Crippen molar-refractivity contribution >= 4 is 21.6 Å². The Morgan fingerprint density at radius 3 is 2.05 bits per heavy atom. The Morgan fingerprint density at radius 2 is 1.68 bits per heavy atom. The van der Waals surface area contributed by atoms with E-state index in [1.165, 1.54) is 0 Å². The number of hydrogen-bond acceptors (Lipinski definition) is 3. The highest BCUT2D eigenvalue weighted by Crippen LogP contribution is 2.22. The molecule has 1 rings (SSSR count). The summed E-state index contributed by atoms with van der Waals surface area (Å²) in [5, 5.41) is 1.95. The first-order chi connectivity index (χ1) is 8.64. The van der Waals surface area contributed by atoms with Crippen LogP contribution < -0.4 is 0 Å². The molecule has 0 heterocycles. The molecule has 0 saturated carbocycles. The molecule has 7 heteroatoms. The molecule has 19 heavy (non-hydrogen) atoms. The molecule has 1 aromatic carbocycles. The molecular formula is C12H13F3O2S2. The van der Waals surface area contributed by atoms with Crippen LogP contribution in [0, 0.1) is 0 Å². The van der Waals surface area contributed by atoms with Crippen molar-refractivity contribution in [2.75, 3.05) is 6.26 Å². The number of alkyl halides is 3. The summed E-state index contributed by atoms with van der Waals surface area (Å²) in [5.41, 5.74) is 0. The minimum atomic E-state index is -4.22. The predicted octanol–water partition coefficient (Wildman–Crippen LogP) is 4.03. The van der Waals surface area contributed by atoms with E-state index in [1.807, 2.05) is 6.07 Å². The molecule has 0 fully saturated rings. The smallest absolute Gasteiger partial charge is 0.225 e. The van der Waals surface area contributed by atoms with Crippen molar-refractivity contribution in [3.8, 4) is 0 Å². The van der Waals surface area contributed by atoms with Crippen LogP contribution in [0.15, 0.2) is 58.7 Å². The predicted molar refractivity (Wildman–Crippen MR) is 72.5 cm³/mol. The maximum Gasteiger partial charge on any atom is 0.410 e. The number of benzene rings is 1. The SMILES string of the molecule is C=CS(C)(=O)=O.FC(F)(F)C=CSc1ccccc1. The summed E-state index contributed by atoms with van der Waals surface area (Å²) in [6.07, 6.45) is -2.90. The van der Waals surface area contributed by atoms with E-state index < -0.39 is 16.0 Å². The molecule has 0 unspecified atom stereocenters. The zero-order valence-electron chi connectivity index (χ0n) is 10.1. The average molecular weight is 310 g/mol. The summed E-state index contributed by atoms with van der Waals surface area (Å²) in [6.45, 7) is 3.04. The van der Waals surface area contributed by atoms with Gasteiger partial charge in [0.1, 0.15) is 0 Å². The Balaban J connectivity index is 0.000000459. The first kappa shape index (κ1) is 17.8. The molecule has 0 spiro atoms. The Bertz CT molecular complexity index is 494. The van der Waals surface area contributed by atoms with Crippen LogP contribution in [0.5, 0.6) is 0 Å². The molecule has 0 aliphatic rings. The van der Waals surface area contributed by atoms with Crippen LogP contribution >= 0.6 is 11.8 Å². The second kappa shape index (κ2) is 8.06. The van der Waals surface area contributed by atoms with Crippen molar-refractivity contribution < 1.29 is 21.6 Å². The van der Waals surface area contributed by atoms with Gasteiger partial charge in [0.25, 0.3) is 0 Å². The lowest BCUT2D eigenvalue weighted by atomic mass is 10.4. The van der Waals surface area contributed by atoms with Crippen molar-refractivity contribution in [1.82, 2.24) is 0 Å². The van der Waals surface area contributed by atoms with Gasteiger partial charge in [0.15, 0.2) is 9.84 Å². The monoisotopic (exact) mass is 310 g/mol. The molecule has 1 aromatic rings. The Labute approximate surface area is 114 Å². The van der Waals surface area contributed by atoms with Gasteiger partial charge in [0.2, 0.25) is 0 Å². The van der Waals surface area contributed by atoms with E-state index in [0.29, 0.717) is 0 Å². The van der Waals surface area contributed by atoms with E-state index in [2.05, 4.69) is 6.58 Å². The molecule has 0 bridgehead atoms. The summed E-state index contributed by atoms with van der Waals surface area (Å²) in [5.74, 6) is 0. The maximum atomic E-state index is 11.7. The van der Waals surface area contributed by atoms with Crippen molar-refractivity contribution in [3.05, 3.63) is 53.8 Å². The number of halogens is 3. The molecule has 106 valence electrons. The highest BCUT2D eigenvalue weighted by Gasteiger charge is 2.21. The van der Waals surface area contributed by atoms with E-state index in [4.69, 9.17) is 0 Å². The fourth-order valence-electron chi connectivity index (χ4n) is 0.689. The van der Waals surface area contributed by atoms with E-state index in [1.54, 1.807) is 24.3 Å². The Kier molecular flexibility index (Phi) is 7.55. The van der Waals surface area contributed by atoms with Gasteiger partial charge in [-0.1, -0.05) is 36.5 Å². The molecule has 0 N–H and O–H groups in total. The van der Waals surface area contributed by atoms with Crippen LogP contribution in [0.1, 0.15) is 0 Å². The average Bonchev–Trinajstić information content (AvgIpc) is 2.29. The lowest BCUT2D eigenvalue weighted by Gasteiger charge is -1.97. The van der Waals surface area contributed by atoms with Crippen LogP contribution in [0.2, 0.25) is 0 Å². The molecular weight excluding hydrogens is 297 g/mol. The second-order valence-electron chi connectivity index (χ2n) is 3.27. The lowest BCUT2D eigenvalue weighted by Crippen LogP contribution is -1.99.